The Morgan fingerprint density at radius 2 is 2.00 bits per heavy atom. The average Bonchev–Trinajstić information content (AvgIpc) is 2.98. The zero-order valence-corrected chi connectivity index (χ0v) is 13.9. The van der Waals surface area contributed by atoms with Crippen LogP contribution in [0.4, 0.5) is 0 Å². The minimum Gasteiger partial charge on any atom is -0.454 e. The maximum atomic E-state index is 12.3. The van der Waals surface area contributed by atoms with Gasteiger partial charge in [-0.15, -0.1) is 0 Å². The number of fused-ring (bicyclic) bond motifs is 1. The first-order valence-corrected chi connectivity index (χ1v) is 7.78. The Bertz CT molecular complexity index is 588. The molecule has 23 heavy (non-hydrogen) atoms. The summed E-state index contributed by atoms with van der Waals surface area (Å²) in [5.41, 5.74) is 6.96. The maximum absolute atomic E-state index is 12.3. The van der Waals surface area contributed by atoms with Gasteiger partial charge in [-0.25, -0.2) is 0 Å². The van der Waals surface area contributed by atoms with Crippen LogP contribution in [-0.4, -0.2) is 42.5 Å². The van der Waals surface area contributed by atoms with E-state index in [1.165, 1.54) is 6.92 Å². The van der Waals surface area contributed by atoms with E-state index in [9.17, 15) is 9.59 Å². The summed E-state index contributed by atoms with van der Waals surface area (Å²) in [6.07, 6.45) is 1.41. The number of nitrogens with two attached hydrogens (primary N) is 1. The highest BCUT2D eigenvalue weighted by molar-refractivity contribution is 5.83. The van der Waals surface area contributed by atoms with Crippen LogP contribution in [0.2, 0.25) is 0 Å². The molecule has 2 rings (SSSR count). The van der Waals surface area contributed by atoms with Gasteiger partial charge >= 0.3 is 0 Å². The lowest BCUT2D eigenvalue weighted by molar-refractivity contribution is -0.133. The van der Waals surface area contributed by atoms with Gasteiger partial charge in [0.05, 0.1) is 6.04 Å². The summed E-state index contributed by atoms with van der Waals surface area (Å²) in [6, 6.07) is 5.14. The summed E-state index contributed by atoms with van der Waals surface area (Å²) < 4.78 is 10.7. The molecule has 0 saturated heterocycles. The molecule has 2 unspecified atom stereocenters. The molecule has 1 heterocycles. The number of nitrogens with zero attached hydrogens (tertiary/aromatic N) is 1. The number of ketones is 1. The molecule has 126 valence electrons. The molecule has 1 aromatic rings. The molecule has 0 aromatic heterocycles. The van der Waals surface area contributed by atoms with E-state index < -0.39 is 6.04 Å². The topological polar surface area (TPSA) is 81.9 Å². The van der Waals surface area contributed by atoms with Crippen molar-refractivity contribution in [2.75, 3.05) is 13.8 Å². The molecule has 0 fully saturated rings. The molecule has 0 saturated carbocycles. The molecular formula is C17H24N2O4. The Kier molecular flexibility index (Phi) is 5.60. The van der Waals surface area contributed by atoms with E-state index >= 15 is 0 Å². The summed E-state index contributed by atoms with van der Waals surface area (Å²) in [7, 11) is 1.74. The number of hydrogen-bond acceptors (Lipinski definition) is 5. The molecule has 6 heteroatoms. The molecule has 2 N–H and O–H groups in total. The molecule has 0 radical (unpaired) electrons. The van der Waals surface area contributed by atoms with Crippen LogP contribution < -0.4 is 15.2 Å². The number of likely N-dealkylation sites (N-methyl/N-ethyl adjacent to an activating group) is 1. The normalized spacial score (nSPS) is 15.1. The number of amides is 1. The van der Waals surface area contributed by atoms with Crippen LogP contribution in [0.5, 0.6) is 11.5 Å². The fourth-order valence-electron chi connectivity index (χ4n) is 2.51. The summed E-state index contributed by atoms with van der Waals surface area (Å²) in [5.74, 6) is 1.39. The standard InChI is InChI=1S/C17H24N2O4/c1-11(19(3)17(21)14(18)6-4-12(2)20)8-13-5-7-15-16(9-13)23-10-22-15/h5,7,9,11,14H,4,6,8,10,18H2,1-3H3. The Balaban J connectivity index is 1.92. The zero-order valence-electron chi connectivity index (χ0n) is 13.9. The van der Waals surface area contributed by atoms with Gasteiger partial charge in [0, 0.05) is 19.5 Å². The fourth-order valence-corrected chi connectivity index (χ4v) is 2.51. The van der Waals surface area contributed by atoms with E-state index in [4.69, 9.17) is 15.2 Å². The zero-order chi connectivity index (χ0) is 17.0. The lowest BCUT2D eigenvalue weighted by atomic mass is 10.0. The second-order valence-corrected chi connectivity index (χ2v) is 6.04. The third-order valence-corrected chi connectivity index (χ3v) is 4.10. The van der Waals surface area contributed by atoms with Gasteiger partial charge in [0.25, 0.3) is 0 Å². The van der Waals surface area contributed by atoms with Crippen LogP contribution in [0.1, 0.15) is 32.3 Å². The first-order chi connectivity index (χ1) is 10.9. The Labute approximate surface area is 136 Å². The van der Waals surface area contributed by atoms with Gasteiger partial charge in [-0.2, -0.15) is 0 Å². The Morgan fingerprint density at radius 1 is 1.30 bits per heavy atom. The van der Waals surface area contributed by atoms with Crippen molar-refractivity contribution in [2.45, 2.75) is 45.2 Å². The second-order valence-electron chi connectivity index (χ2n) is 6.04. The van der Waals surface area contributed by atoms with Crippen molar-refractivity contribution < 1.29 is 19.1 Å². The molecule has 6 nitrogen and oxygen atoms in total. The predicted molar refractivity (Wildman–Crippen MR) is 86.4 cm³/mol. The Hall–Kier alpha value is -2.08. The first-order valence-electron chi connectivity index (χ1n) is 7.78. The van der Waals surface area contributed by atoms with E-state index in [1.54, 1.807) is 11.9 Å². The monoisotopic (exact) mass is 320 g/mol. The predicted octanol–water partition coefficient (Wildman–Crippen LogP) is 1.50. The van der Waals surface area contributed by atoms with Gasteiger partial charge in [0.2, 0.25) is 12.7 Å². The van der Waals surface area contributed by atoms with E-state index in [2.05, 4.69) is 0 Å². The number of carbonyl (C=O) groups excluding carboxylic acids is 2. The van der Waals surface area contributed by atoms with Crippen molar-refractivity contribution in [3.8, 4) is 11.5 Å². The first kappa shape index (κ1) is 17.3. The van der Waals surface area contributed by atoms with Gasteiger partial charge < -0.3 is 24.9 Å². The van der Waals surface area contributed by atoms with Crippen LogP contribution in [-0.2, 0) is 16.0 Å². The summed E-state index contributed by atoms with van der Waals surface area (Å²) in [5, 5.41) is 0. The quantitative estimate of drug-likeness (QED) is 0.823. The summed E-state index contributed by atoms with van der Waals surface area (Å²) in [4.78, 5) is 25.0. The van der Waals surface area contributed by atoms with Gasteiger partial charge in [0.15, 0.2) is 11.5 Å². The van der Waals surface area contributed by atoms with Crippen LogP contribution in [0.3, 0.4) is 0 Å². The number of ether oxygens (including phenoxy) is 2. The van der Waals surface area contributed by atoms with E-state index in [0.29, 0.717) is 19.3 Å². The molecule has 0 bridgehead atoms. The molecule has 1 amide bonds. The third-order valence-electron chi connectivity index (χ3n) is 4.10. The van der Waals surface area contributed by atoms with Crippen LogP contribution in [0, 0.1) is 0 Å². The lowest BCUT2D eigenvalue weighted by Gasteiger charge is -2.27. The number of benzene rings is 1. The van der Waals surface area contributed by atoms with Gasteiger partial charge in [0.1, 0.15) is 5.78 Å². The van der Waals surface area contributed by atoms with Crippen molar-refractivity contribution in [3.05, 3.63) is 23.8 Å². The van der Waals surface area contributed by atoms with Gasteiger partial charge in [-0.3, -0.25) is 4.79 Å². The maximum Gasteiger partial charge on any atom is 0.239 e. The number of Topliss-reactive ketones (excluding diaryl/α,β-unsaturated/α-hetero) is 1. The second kappa shape index (κ2) is 7.46. The lowest BCUT2D eigenvalue weighted by Crippen LogP contribution is -2.46. The van der Waals surface area contributed by atoms with Crippen LogP contribution in [0.25, 0.3) is 0 Å². The molecular weight excluding hydrogens is 296 g/mol. The number of rotatable bonds is 7. The highest BCUT2D eigenvalue weighted by Gasteiger charge is 2.23. The molecule has 1 aliphatic heterocycles. The smallest absolute Gasteiger partial charge is 0.239 e. The molecule has 0 aliphatic carbocycles. The SMILES string of the molecule is CC(=O)CCC(N)C(=O)N(C)C(C)Cc1ccc2c(c1)OCO2. The van der Waals surface area contributed by atoms with Crippen molar-refractivity contribution in [1.82, 2.24) is 4.90 Å². The molecule has 1 aliphatic rings. The van der Waals surface area contributed by atoms with Crippen molar-refractivity contribution >= 4 is 11.7 Å². The van der Waals surface area contributed by atoms with Crippen LogP contribution >= 0.6 is 0 Å². The highest BCUT2D eigenvalue weighted by atomic mass is 16.7. The minimum atomic E-state index is -0.636. The van der Waals surface area contributed by atoms with Gasteiger partial charge in [-0.05, 0) is 44.4 Å². The summed E-state index contributed by atoms with van der Waals surface area (Å²) >= 11 is 0. The number of carbonyl (C=O) groups is 2. The third kappa shape index (κ3) is 4.45. The minimum absolute atomic E-state index is 0.00810. The van der Waals surface area contributed by atoms with E-state index in [1.807, 2.05) is 25.1 Å². The van der Waals surface area contributed by atoms with Crippen molar-refractivity contribution in [3.63, 3.8) is 0 Å². The van der Waals surface area contributed by atoms with Crippen LogP contribution in [0.15, 0.2) is 18.2 Å². The number of hydrogen-bond donors (Lipinski definition) is 1. The fraction of sp³-hybridized carbons (Fsp3) is 0.529. The molecule has 1 aromatic carbocycles. The summed E-state index contributed by atoms with van der Waals surface area (Å²) in [6.45, 7) is 3.72. The average molecular weight is 320 g/mol. The molecule has 0 spiro atoms. The highest BCUT2D eigenvalue weighted by Crippen LogP contribution is 2.32. The van der Waals surface area contributed by atoms with Gasteiger partial charge in [-0.1, -0.05) is 6.07 Å². The van der Waals surface area contributed by atoms with Crippen molar-refractivity contribution in [1.29, 1.82) is 0 Å². The van der Waals surface area contributed by atoms with E-state index in [0.717, 1.165) is 17.1 Å². The van der Waals surface area contributed by atoms with E-state index in [-0.39, 0.29) is 24.5 Å². The van der Waals surface area contributed by atoms with Crippen molar-refractivity contribution in [2.24, 2.45) is 5.73 Å². The Morgan fingerprint density at radius 3 is 2.70 bits per heavy atom. The molecule has 2 atom stereocenters. The largest absolute Gasteiger partial charge is 0.454 e.